The standard InChI is InChI=1S/C62H116O6/c1-4-7-10-13-16-19-22-25-27-28-29-30-31-32-33-34-35-38-40-43-46-49-52-55-61(64)67-58-59(57-66-60(63)54-51-48-45-42-39-36-24-21-18-15-12-9-6-3)68-62(65)56-53-50-47-44-41-37-26-23-20-17-14-11-8-5-2/h22,25,28-29,59H,4-21,23-24,26-27,30-58H2,1-3H3/b25-22-,29-28-. The molecule has 0 saturated heterocycles. The highest BCUT2D eigenvalue weighted by atomic mass is 16.6. The summed E-state index contributed by atoms with van der Waals surface area (Å²) in [6, 6.07) is 0. The summed E-state index contributed by atoms with van der Waals surface area (Å²) in [7, 11) is 0. The molecular formula is C62H116O6. The van der Waals surface area contributed by atoms with Crippen LogP contribution in [0.3, 0.4) is 0 Å². The van der Waals surface area contributed by atoms with Crippen molar-refractivity contribution in [1.29, 1.82) is 0 Å². The fourth-order valence-electron chi connectivity index (χ4n) is 9.12. The predicted molar refractivity (Wildman–Crippen MR) is 293 cm³/mol. The summed E-state index contributed by atoms with van der Waals surface area (Å²) in [5, 5.41) is 0. The second-order valence-electron chi connectivity index (χ2n) is 20.6. The SMILES string of the molecule is CCCCCCC/C=C\C/C=C\CCCCCCCCCCCCCC(=O)OCC(COC(=O)CCCCCCCCCCCCCCC)OC(=O)CCCCCCCCCCCCCCCC. The van der Waals surface area contributed by atoms with E-state index < -0.39 is 6.10 Å². The summed E-state index contributed by atoms with van der Waals surface area (Å²) in [5.74, 6) is -0.844. The van der Waals surface area contributed by atoms with Crippen LogP contribution in [0.2, 0.25) is 0 Å². The first kappa shape index (κ1) is 65.9. The van der Waals surface area contributed by atoms with Gasteiger partial charge in [0.05, 0.1) is 0 Å². The van der Waals surface area contributed by atoms with E-state index in [-0.39, 0.29) is 31.1 Å². The second-order valence-corrected chi connectivity index (χ2v) is 20.6. The lowest BCUT2D eigenvalue weighted by Crippen LogP contribution is -2.30. The monoisotopic (exact) mass is 957 g/mol. The largest absolute Gasteiger partial charge is 0.462 e. The van der Waals surface area contributed by atoms with Gasteiger partial charge in [0.1, 0.15) is 13.2 Å². The molecule has 0 bridgehead atoms. The van der Waals surface area contributed by atoms with E-state index in [2.05, 4.69) is 45.1 Å². The van der Waals surface area contributed by atoms with Crippen LogP contribution in [0.25, 0.3) is 0 Å². The molecule has 6 heteroatoms. The molecule has 0 saturated carbocycles. The zero-order chi connectivity index (χ0) is 49.3. The molecule has 400 valence electrons. The molecule has 68 heavy (non-hydrogen) atoms. The third kappa shape index (κ3) is 54.8. The smallest absolute Gasteiger partial charge is 0.306 e. The number of carbonyl (C=O) groups is 3. The lowest BCUT2D eigenvalue weighted by molar-refractivity contribution is -0.167. The summed E-state index contributed by atoms with van der Waals surface area (Å²) in [6.45, 7) is 6.68. The maximum absolute atomic E-state index is 12.8. The van der Waals surface area contributed by atoms with E-state index >= 15 is 0 Å². The minimum atomic E-state index is -0.766. The van der Waals surface area contributed by atoms with Crippen molar-refractivity contribution in [2.24, 2.45) is 0 Å². The molecule has 0 rings (SSSR count). The number of hydrogen-bond donors (Lipinski definition) is 0. The third-order valence-corrected chi connectivity index (χ3v) is 13.7. The van der Waals surface area contributed by atoms with Crippen LogP contribution in [0, 0.1) is 0 Å². The zero-order valence-electron chi connectivity index (χ0n) is 45.9. The summed E-state index contributed by atoms with van der Waals surface area (Å²) in [5.41, 5.74) is 0. The van der Waals surface area contributed by atoms with Crippen molar-refractivity contribution >= 4 is 17.9 Å². The Hall–Kier alpha value is -2.11. The van der Waals surface area contributed by atoms with Gasteiger partial charge < -0.3 is 14.2 Å². The second kappa shape index (κ2) is 57.5. The summed E-state index contributed by atoms with van der Waals surface area (Å²) in [4.78, 5) is 38.2. The van der Waals surface area contributed by atoms with Crippen LogP contribution < -0.4 is 0 Å². The van der Waals surface area contributed by atoms with Gasteiger partial charge >= 0.3 is 17.9 Å². The van der Waals surface area contributed by atoms with E-state index in [0.29, 0.717) is 19.3 Å². The fourth-order valence-corrected chi connectivity index (χ4v) is 9.12. The van der Waals surface area contributed by atoms with Gasteiger partial charge in [0.2, 0.25) is 0 Å². The van der Waals surface area contributed by atoms with E-state index in [1.54, 1.807) is 0 Å². The average molecular weight is 958 g/mol. The number of unbranched alkanes of at least 4 members (excludes halogenated alkanes) is 41. The molecule has 0 aromatic carbocycles. The Labute approximate surface area is 423 Å². The van der Waals surface area contributed by atoms with Crippen LogP contribution in [0.4, 0.5) is 0 Å². The van der Waals surface area contributed by atoms with Gasteiger partial charge in [0.15, 0.2) is 6.10 Å². The van der Waals surface area contributed by atoms with Crippen molar-refractivity contribution in [1.82, 2.24) is 0 Å². The van der Waals surface area contributed by atoms with Crippen LogP contribution in [-0.4, -0.2) is 37.2 Å². The minimum absolute atomic E-state index is 0.0656. The molecule has 0 aromatic rings. The van der Waals surface area contributed by atoms with Gasteiger partial charge in [-0.2, -0.15) is 0 Å². The van der Waals surface area contributed by atoms with Crippen molar-refractivity contribution in [2.45, 2.75) is 341 Å². The molecule has 0 amide bonds. The molecule has 6 nitrogen and oxygen atoms in total. The van der Waals surface area contributed by atoms with Crippen molar-refractivity contribution < 1.29 is 28.6 Å². The minimum Gasteiger partial charge on any atom is -0.462 e. The van der Waals surface area contributed by atoms with Crippen LogP contribution in [0.5, 0.6) is 0 Å². The number of allylic oxidation sites excluding steroid dienone is 4. The Morgan fingerprint density at radius 3 is 0.809 bits per heavy atom. The quantitative estimate of drug-likeness (QED) is 0.0262. The maximum atomic E-state index is 12.8. The van der Waals surface area contributed by atoms with Crippen LogP contribution in [0.15, 0.2) is 24.3 Å². The summed E-state index contributed by atoms with van der Waals surface area (Å²) >= 11 is 0. The highest BCUT2D eigenvalue weighted by Crippen LogP contribution is 2.17. The Morgan fingerprint density at radius 1 is 0.294 bits per heavy atom. The molecule has 0 fully saturated rings. The van der Waals surface area contributed by atoms with E-state index in [0.717, 1.165) is 64.2 Å². The van der Waals surface area contributed by atoms with Crippen LogP contribution in [0.1, 0.15) is 335 Å². The summed E-state index contributed by atoms with van der Waals surface area (Å²) < 4.78 is 16.9. The molecule has 0 spiro atoms. The van der Waals surface area contributed by atoms with Gasteiger partial charge in [-0.3, -0.25) is 14.4 Å². The molecule has 1 unspecified atom stereocenters. The lowest BCUT2D eigenvalue weighted by Gasteiger charge is -2.18. The van der Waals surface area contributed by atoms with Crippen molar-refractivity contribution in [3.05, 3.63) is 24.3 Å². The van der Waals surface area contributed by atoms with Gasteiger partial charge in [0, 0.05) is 19.3 Å². The van der Waals surface area contributed by atoms with Gasteiger partial charge in [-0.25, -0.2) is 0 Å². The number of carbonyl (C=O) groups excluding carboxylic acids is 3. The number of esters is 3. The zero-order valence-corrected chi connectivity index (χ0v) is 45.9. The molecule has 1 atom stereocenters. The average Bonchev–Trinajstić information content (AvgIpc) is 3.34. The Morgan fingerprint density at radius 2 is 0.529 bits per heavy atom. The molecule has 0 N–H and O–H groups in total. The topological polar surface area (TPSA) is 78.9 Å². The van der Waals surface area contributed by atoms with Gasteiger partial charge in [-0.1, -0.05) is 289 Å². The number of rotatable bonds is 56. The predicted octanol–water partition coefficient (Wildman–Crippen LogP) is 20.3. The van der Waals surface area contributed by atoms with Gasteiger partial charge in [0.25, 0.3) is 0 Å². The molecule has 0 aromatic heterocycles. The normalized spacial score (nSPS) is 12.1. The van der Waals surface area contributed by atoms with Gasteiger partial charge in [-0.15, -0.1) is 0 Å². The maximum Gasteiger partial charge on any atom is 0.306 e. The van der Waals surface area contributed by atoms with E-state index in [1.165, 1.54) is 231 Å². The lowest BCUT2D eigenvalue weighted by atomic mass is 10.0. The fraction of sp³-hybridized carbons (Fsp3) is 0.887. The molecule has 0 aliphatic rings. The van der Waals surface area contributed by atoms with Crippen LogP contribution in [-0.2, 0) is 28.6 Å². The van der Waals surface area contributed by atoms with Crippen molar-refractivity contribution in [3.63, 3.8) is 0 Å². The molecular weight excluding hydrogens is 841 g/mol. The van der Waals surface area contributed by atoms with Crippen LogP contribution >= 0.6 is 0 Å². The highest BCUT2D eigenvalue weighted by molar-refractivity contribution is 5.71. The first-order valence-electron chi connectivity index (χ1n) is 30.3. The third-order valence-electron chi connectivity index (χ3n) is 13.7. The Balaban J connectivity index is 4.25. The van der Waals surface area contributed by atoms with E-state index in [1.807, 2.05) is 0 Å². The molecule has 0 aliphatic carbocycles. The van der Waals surface area contributed by atoms with E-state index in [9.17, 15) is 14.4 Å². The molecule has 0 aliphatic heterocycles. The Bertz CT molecular complexity index is 1100. The first-order valence-corrected chi connectivity index (χ1v) is 30.3. The van der Waals surface area contributed by atoms with E-state index in [4.69, 9.17) is 14.2 Å². The Kier molecular flexibility index (Phi) is 55.7. The number of hydrogen-bond acceptors (Lipinski definition) is 6. The molecule has 0 radical (unpaired) electrons. The highest BCUT2D eigenvalue weighted by Gasteiger charge is 2.19. The summed E-state index contributed by atoms with van der Waals surface area (Å²) in [6.07, 6.45) is 67.4. The molecule has 0 heterocycles. The first-order chi connectivity index (χ1) is 33.5. The van der Waals surface area contributed by atoms with Gasteiger partial charge in [-0.05, 0) is 51.4 Å². The number of ether oxygens (including phenoxy) is 3. The van der Waals surface area contributed by atoms with Crippen molar-refractivity contribution in [3.8, 4) is 0 Å². The van der Waals surface area contributed by atoms with Crippen molar-refractivity contribution in [2.75, 3.05) is 13.2 Å².